The molecule has 0 aromatic carbocycles. The molecule has 17 heavy (non-hydrogen) atoms. The van der Waals surface area contributed by atoms with E-state index in [-0.39, 0.29) is 12.0 Å². The third kappa shape index (κ3) is 2.21. The number of aryl methyl sites for hydroxylation is 1. The SMILES string of the molecule is CCC(c1nc(-c2cncn2C)no1)C(C)N. The van der Waals surface area contributed by atoms with Gasteiger partial charge in [-0.2, -0.15) is 4.98 Å². The van der Waals surface area contributed by atoms with Crippen LogP contribution in [-0.4, -0.2) is 25.7 Å². The van der Waals surface area contributed by atoms with E-state index < -0.39 is 0 Å². The predicted molar refractivity (Wildman–Crippen MR) is 63.2 cm³/mol. The topological polar surface area (TPSA) is 82.8 Å². The van der Waals surface area contributed by atoms with Gasteiger partial charge in [-0.05, 0) is 13.3 Å². The zero-order valence-electron chi connectivity index (χ0n) is 10.3. The Hall–Kier alpha value is -1.69. The van der Waals surface area contributed by atoms with E-state index in [1.807, 2.05) is 18.5 Å². The van der Waals surface area contributed by atoms with E-state index in [2.05, 4.69) is 22.0 Å². The van der Waals surface area contributed by atoms with E-state index in [1.165, 1.54) is 0 Å². The molecule has 6 heteroatoms. The second-order valence-electron chi connectivity index (χ2n) is 4.22. The maximum Gasteiger partial charge on any atom is 0.231 e. The third-order valence-corrected chi connectivity index (χ3v) is 2.88. The highest BCUT2D eigenvalue weighted by Gasteiger charge is 2.22. The molecular formula is C11H17N5O. The second kappa shape index (κ2) is 4.67. The number of aromatic nitrogens is 4. The van der Waals surface area contributed by atoms with Gasteiger partial charge in [0.2, 0.25) is 11.7 Å². The molecule has 2 N–H and O–H groups in total. The van der Waals surface area contributed by atoms with Crippen molar-refractivity contribution in [1.82, 2.24) is 19.7 Å². The van der Waals surface area contributed by atoms with Gasteiger partial charge in [0.05, 0.1) is 18.4 Å². The van der Waals surface area contributed by atoms with E-state index in [9.17, 15) is 0 Å². The van der Waals surface area contributed by atoms with Crippen LogP contribution in [0.15, 0.2) is 17.0 Å². The van der Waals surface area contributed by atoms with Crippen molar-refractivity contribution >= 4 is 0 Å². The molecule has 0 saturated carbocycles. The summed E-state index contributed by atoms with van der Waals surface area (Å²) in [4.78, 5) is 8.41. The zero-order valence-corrected chi connectivity index (χ0v) is 10.3. The molecular weight excluding hydrogens is 218 g/mol. The van der Waals surface area contributed by atoms with Crippen LogP contribution in [0.2, 0.25) is 0 Å². The molecule has 6 nitrogen and oxygen atoms in total. The molecule has 2 heterocycles. The van der Waals surface area contributed by atoms with Crippen LogP contribution in [0.3, 0.4) is 0 Å². The van der Waals surface area contributed by atoms with Crippen molar-refractivity contribution in [3.05, 3.63) is 18.4 Å². The quantitative estimate of drug-likeness (QED) is 0.863. The van der Waals surface area contributed by atoms with Crippen LogP contribution in [-0.2, 0) is 7.05 Å². The summed E-state index contributed by atoms with van der Waals surface area (Å²) in [5.74, 6) is 1.25. The van der Waals surface area contributed by atoms with Crippen molar-refractivity contribution in [3.8, 4) is 11.5 Å². The van der Waals surface area contributed by atoms with E-state index in [0.29, 0.717) is 11.7 Å². The molecule has 0 amide bonds. The van der Waals surface area contributed by atoms with Crippen molar-refractivity contribution in [3.63, 3.8) is 0 Å². The monoisotopic (exact) mass is 235 g/mol. The summed E-state index contributed by atoms with van der Waals surface area (Å²) in [6, 6.07) is -0.000151. The molecule has 0 aliphatic carbocycles. The number of imidazole rings is 1. The van der Waals surface area contributed by atoms with Gasteiger partial charge in [-0.1, -0.05) is 12.1 Å². The number of hydrogen-bond acceptors (Lipinski definition) is 5. The molecule has 2 aromatic rings. The van der Waals surface area contributed by atoms with E-state index in [0.717, 1.165) is 12.1 Å². The lowest BCUT2D eigenvalue weighted by molar-refractivity contribution is 0.334. The average Bonchev–Trinajstić information content (AvgIpc) is 2.87. The van der Waals surface area contributed by atoms with Gasteiger partial charge in [-0.25, -0.2) is 4.98 Å². The van der Waals surface area contributed by atoms with Gasteiger partial charge < -0.3 is 14.8 Å². The molecule has 0 radical (unpaired) electrons. The maximum absolute atomic E-state index is 5.89. The van der Waals surface area contributed by atoms with Gasteiger partial charge >= 0.3 is 0 Å². The first-order valence-electron chi connectivity index (χ1n) is 5.69. The van der Waals surface area contributed by atoms with Crippen LogP contribution >= 0.6 is 0 Å². The molecule has 0 aliphatic rings. The fraction of sp³-hybridized carbons (Fsp3) is 0.545. The first kappa shape index (κ1) is 11.8. The van der Waals surface area contributed by atoms with Crippen LogP contribution in [0.5, 0.6) is 0 Å². The predicted octanol–water partition coefficient (Wildman–Crippen LogP) is 1.31. The Morgan fingerprint density at radius 1 is 1.53 bits per heavy atom. The van der Waals surface area contributed by atoms with Gasteiger partial charge in [0.15, 0.2) is 0 Å². The third-order valence-electron chi connectivity index (χ3n) is 2.88. The van der Waals surface area contributed by atoms with Gasteiger partial charge in [0.1, 0.15) is 5.69 Å². The molecule has 0 fully saturated rings. The van der Waals surface area contributed by atoms with E-state index in [1.54, 1.807) is 12.5 Å². The van der Waals surface area contributed by atoms with Crippen molar-refractivity contribution in [1.29, 1.82) is 0 Å². The molecule has 2 atom stereocenters. The van der Waals surface area contributed by atoms with Crippen LogP contribution in [0.4, 0.5) is 0 Å². The van der Waals surface area contributed by atoms with Gasteiger partial charge in [0, 0.05) is 13.1 Å². The van der Waals surface area contributed by atoms with Crippen LogP contribution in [0, 0.1) is 0 Å². The van der Waals surface area contributed by atoms with E-state index >= 15 is 0 Å². The largest absolute Gasteiger partial charge is 0.339 e. The fourth-order valence-corrected chi connectivity index (χ4v) is 1.83. The Morgan fingerprint density at radius 3 is 2.82 bits per heavy atom. The summed E-state index contributed by atoms with van der Waals surface area (Å²) in [6.07, 6.45) is 4.29. The standard InChI is InChI=1S/C11H17N5O/c1-4-8(7(2)12)11-14-10(15-17-11)9-5-13-6-16(9)3/h5-8H,4,12H2,1-3H3. The van der Waals surface area contributed by atoms with Gasteiger partial charge in [-0.3, -0.25) is 0 Å². The van der Waals surface area contributed by atoms with Crippen LogP contribution < -0.4 is 5.73 Å². The first-order valence-corrected chi connectivity index (χ1v) is 5.69. The highest BCUT2D eigenvalue weighted by molar-refractivity contribution is 5.47. The molecule has 2 rings (SSSR count). The summed E-state index contributed by atoms with van der Waals surface area (Å²) in [7, 11) is 1.89. The first-order chi connectivity index (χ1) is 8.13. The Balaban J connectivity index is 2.30. The van der Waals surface area contributed by atoms with Crippen molar-refractivity contribution in [2.24, 2.45) is 12.8 Å². The Morgan fingerprint density at radius 2 is 2.29 bits per heavy atom. The fourth-order valence-electron chi connectivity index (χ4n) is 1.83. The summed E-state index contributed by atoms with van der Waals surface area (Å²) < 4.78 is 7.12. The molecule has 0 aliphatic heterocycles. The summed E-state index contributed by atoms with van der Waals surface area (Å²) in [5, 5.41) is 3.97. The Labute approximate surface area is 99.8 Å². The van der Waals surface area contributed by atoms with Crippen LogP contribution in [0.25, 0.3) is 11.5 Å². The van der Waals surface area contributed by atoms with Crippen molar-refractivity contribution in [2.45, 2.75) is 32.2 Å². The summed E-state index contributed by atoms with van der Waals surface area (Å²) in [5.41, 5.74) is 6.72. The normalized spacial score (nSPS) is 14.8. The number of hydrogen-bond donors (Lipinski definition) is 1. The molecule has 0 saturated heterocycles. The number of rotatable bonds is 4. The van der Waals surface area contributed by atoms with Crippen molar-refractivity contribution < 1.29 is 4.52 Å². The van der Waals surface area contributed by atoms with Gasteiger partial charge in [-0.15, -0.1) is 0 Å². The smallest absolute Gasteiger partial charge is 0.231 e. The molecule has 0 spiro atoms. The van der Waals surface area contributed by atoms with E-state index in [4.69, 9.17) is 10.3 Å². The Kier molecular flexibility index (Phi) is 3.23. The minimum Gasteiger partial charge on any atom is -0.339 e. The Bertz CT molecular complexity index is 488. The van der Waals surface area contributed by atoms with Crippen LogP contribution in [0.1, 0.15) is 32.1 Å². The minimum atomic E-state index is -0.000151. The average molecular weight is 235 g/mol. The molecule has 2 unspecified atom stereocenters. The number of nitrogens with zero attached hydrogens (tertiary/aromatic N) is 4. The second-order valence-corrected chi connectivity index (χ2v) is 4.22. The summed E-state index contributed by atoms with van der Waals surface area (Å²) >= 11 is 0. The lowest BCUT2D eigenvalue weighted by atomic mass is 9.99. The zero-order chi connectivity index (χ0) is 12.4. The number of nitrogens with two attached hydrogens (primary N) is 1. The van der Waals surface area contributed by atoms with Crippen molar-refractivity contribution in [2.75, 3.05) is 0 Å². The molecule has 92 valence electrons. The lowest BCUT2D eigenvalue weighted by Crippen LogP contribution is -2.24. The molecule has 2 aromatic heterocycles. The highest BCUT2D eigenvalue weighted by atomic mass is 16.5. The van der Waals surface area contributed by atoms with Gasteiger partial charge in [0.25, 0.3) is 0 Å². The lowest BCUT2D eigenvalue weighted by Gasteiger charge is -2.13. The minimum absolute atomic E-state index is 0.000151. The highest BCUT2D eigenvalue weighted by Crippen LogP contribution is 2.23. The summed E-state index contributed by atoms with van der Waals surface area (Å²) in [6.45, 7) is 4.00. The maximum atomic E-state index is 5.89. The molecule has 0 bridgehead atoms.